The number of benzene rings is 1. The maximum absolute atomic E-state index is 13.1. The summed E-state index contributed by atoms with van der Waals surface area (Å²) in [6.45, 7) is 0.261. The van der Waals surface area contributed by atoms with E-state index in [9.17, 15) is 19.5 Å². The summed E-state index contributed by atoms with van der Waals surface area (Å²) in [5.41, 5.74) is 0.787. The van der Waals surface area contributed by atoms with E-state index in [-0.39, 0.29) is 35.9 Å². The van der Waals surface area contributed by atoms with Crippen molar-refractivity contribution in [3.05, 3.63) is 23.8 Å². The van der Waals surface area contributed by atoms with Crippen LogP contribution in [0.25, 0.3) is 0 Å². The van der Waals surface area contributed by atoms with Crippen LogP contribution in [0.3, 0.4) is 0 Å². The number of ether oxygens (including phenoxy) is 2. The average molecular weight is 413 g/mol. The Kier molecular flexibility index (Phi) is 4.23. The first-order chi connectivity index (χ1) is 14.5. The van der Waals surface area contributed by atoms with Crippen molar-refractivity contribution < 1.29 is 33.8 Å². The molecular formula is C21H21N2O7-. The molecule has 2 bridgehead atoms. The Morgan fingerprint density at radius 2 is 1.83 bits per heavy atom. The summed E-state index contributed by atoms with van der Waals surface area (Å²) >= 11 is 0. The number of rotatable bonds is 6. The zero-order chi connectivity index (χ0) is 21.2. The van der Waals surface area contributed by atoms with Crippen LogP contribution < -0.4 is 14.6 Å². The molecule has 30 heavy (non-hydrogen) atoms. The van der Waals surface area contributed by atoms with Crippen molar-refractivity contribution in [2.45, 2.75) is 18.9 Å². The summed E-state index contributed by atoms with van der Waals surface area (Å²) in [7, 11) is 3.11. The van der Waals surface area contributed by atoms with E-state index in [1.165, 1.54) is 4.90 Å². The van der Waals surface area contributed by atoms with Crippen molar-refractivity contribution in [1.29, 1.82) is 0 Å². The van der Waals surface area contributed by atoms with Gasteiger partial charge in [0.05, 0.1) is 37.9 Å². The largest absolute Gasteiger partial charge is 0.543 e. The van der Waals surface area contributed by atoms with Gasteiger partial charge in [0, 0.05) is 12.5 Å². The first-order valence-electron chi connectivity index (χ1n) is 9.97. The summed E-state index contributed by atoms with van der Waals surface area (Å²) in [4.78, 5) is 44.2. The highest BCUT2D eigenvalue weighted by atomic mass is 16.6. The number of imide groups is 1. The smallest absolute Gasteiger partial charge is 0.233 e. The number of fused-ring (bicyclic) bond motifs is 8. The molecule has 0 aromatic heterocycles. The second-order valence-corrected chi connectivity index (χ2v) is 8.24. The van der Waals surface area contributed by atoms with Gasteiger partial charge in [-0.1, -0.05) is 11.2 Å². The van der Waals surface area contributed by atoms with Crippen molar-refractivity contribution >= 4 is 23.5 Å². The molecule has 0 unspecified atom stereocenters. The van der Waals surface area contributed by atoms with Crippen LogP contribution in [0, 0.1) is 29.6 Å². The molecular weight excluding hydrogens is 392 g/mol. The molecule has 2 aliphatic carbocycles. The van der Waals surface area contributed by atoms with Crippen LogP contribution in [-0.4, -0.2) is 55.3 Å². The van der Waals surface area contributed by atoms with Crippen LogP contribution in [0.4, 0.5) is 0 Å². The maximum Gasteiger partial charge on any atom is 0.233 e. The van der Waals surface area contributed by atoms with Crippen LogP contribution in [-0.2, 0) is 25.6 Å². The van der Waals surface area contributed by atoms with Gasteiger partial charge in [-0.15, -0.1) is 0 Å². The number of methoxy groups -OCH3 is 2. The summed E-state index contributed by atoms with van der Waals surface area (Å²) in [5.74, 6) is -2.44. The van der Waals surface area contributed by atoms with Gasteiger partial charge in [-0.3, -0.25) is 14.5 Å². The van der Waals surface area contributed by atoms with Crippen molar-refractivity contribution in [3.63, 3.8) is 0 Å². The molecule has 0 spiro atoms. The Bertz CT molecular complexity index is 974. The molecule has 9 heteroatoms. The standard InChI is InChI=1S/C21H22N2O7/c1-28-12-4-3-9(7-13(12)29-2)5-6-23-19(24)14-10-8-11(15(14)20(23)25)18-16(10)17(21(26)27)22-30-18/h3-4,7,10-11,14-16,18H,5-6,8H2,1-2H3,(H,26,27)/p-1/t10-,11+,14-,15+,16+,18-/m1/s1. The van der Waals surface area contributed by atoms with Gasteiger partial charge in [0.2, 0.25) is 11.8 Å². The number of amides is 2. The van der Waals surface area contributed by atoms with Gasteiger partial charge < -0.3 is 24.2 Å². The molecule has 4 aliphatic rings. The highest BCUT2D eigenvalue weighted by molar-refractivity contribution is 6.36. The second kappa shape index (κ2) is 6.72. The molecule has 9 nitrogen and oxygen atoms in total. The van der Waals surface area contributed by atoms with E-state index in [1.54, 1.807) is 20.3 Å². The number of carboxylic acids is 1. The molecule has 0 radical (unpaired) electrons. The first-order valence-corrected chi connectivity index (χ1v) is 9.97. The van der Waals surface area contributed by atoms with E-state index in [0.29, 0.717) is 24.3 Å². The minimum absolute atomic E-state index is 0.130. The predicted molar refractivity (Wildman–Crippen MR) is 99.4 cm³/mol. The van der Waals surface area contributed by atoms with Crippen molar-refractivity contribution in [2.24, 2.45) is 34.7 Å². The molecule has 6 atom stereocenters. The summed E-state index contributed by atoms with van der Waals surface area (Å²) < 4.78 is 10.5. The SMILES string of the molecule is COc1ccc(CCN2C(=O)[C@@H]3[C@H]4C[C@H]([C@H]5ON=C(C(=O)[O-])[C@H]45)[C@@H]3C2=O)cc1OC. The Morgan fingerprint density at radius 3 is 2.50 bits per heavy atom. The summed E-state index contributed by atoms with van der Waals surface area (Å²) in [5, 5.41) is 15.0. The number of hydrogen-bond donors (Lipinski definition) is 0. The number of nitrogens with zero attached hydrogens (tertiary/aromatic N) is 2. The van der Waals surface area contributed by atoms with Gasteiger partial charge in [0.1, 0.15) is 11.8 Å². The molecule has 2 saturated carbocycles. The van der Waals surface area contributed by atoms with Crippen LogP contribution >= 0.6 is 0 Å². The van der Waals surface area contributed by atoms with Gasteiger partial charge in [0.15, 0.2) is 11.5 Å². The lowest BCUT2D eigenvalue weighted by Gasteiger charge is -2.29. The quantitative estimate of drug-likeness (QED) is 0.584. The van der Waals surface area contributed by atoms with Crippen molar-refractivity contribution in [2.75, 3.05) is 20.8 Å². The minimum Gasteiger partial charge on any atom is -0.543 e. The van der Waals surface area contributed by atoms with Gasteiger partial charge in [0.25, 0.3) is 0 Å². The van der Waals surface area contributed by atoms with Gasteiger partial charge in [-0.2, -0.15) is 0 Å². The van der Waals surface area contributed by atoms with Gasteiger partial charge in [-0.25, -0.2) is 0 Å². The number of oxime groups is 1. The lowest BCUT2D eigenvalue weighted by Crippen LogP contribution is -2.45. The van der Waals surface area contributed by atoms with E-state index >= 15 is 0 Å². The maximum atomic E-state index is 13.1. The van der Waals surface area contributed by atoms with Crippen molar-refractivity contribution in [3.8, 4) is 11.5 Å². The minimum atomic E-state index is -1.37. The van der Waals surface area contributed by atoms with E-state index in [4.69, 9.17) is 14.3 Å². The summed E-state index contributed by atoms with van der Waals surface area (Å²) in [6.07, 6.45) is 0.645. The number of carbonyl (C=O) groups is 3. The number of carbonyl (C=O) groups excluding carboxylic acids is 3. The normalized spacial score (nSPS) is 33.3. The summed E-state index contributed by atoms with van der Waals surface area (Å²) in [6, 6.07) is 5.49. The molecule has 0 N–H and O–H groups in total. The third kappa shape index (κ3) is 2.47. The lowest BCUT2D eigenvalue weighted by molar-refractivity contribution is -0.294. The molecule has 2 aliphatic heterocycles. The monoisotopic (exact) mass is 413 g/mol. The van der Waals surface area contributed by atoms with Gasteiger partial charge >= 0.3 is 0 Å². The fraction of sp³-hybridized carbons (Fsp3) is 0.524. The van der Waals surface area contributed by atoms with E-state index in [1.807, 2.05) is 12.1 Å². The van der Waals surface area contributed by atoms with Crippen LogP contribution in [0.5, 0.6) is 11.5 Å². The van der Waals surface area contributed by atoms with Crippen molar-refractivity contribution in [1.82, 2.24) is 4.90 Å². The highest BCUT2D eigenvalue weighted by Gasteiger charge is 2.70. The molecule has 1 aromatic carbocycles. The Labute approximate surface area is 172 Å². The van der Waals surface area contributed by atoms with Gasteiger partial charge in [-0.05, 0) is 36.5 Å². The molecule has 3 fully saturated rings. The predicted octanol–water partition coefficient (Wildman–Crippen LogP) is -0.382. The fourth-order valence-electron chi connectivity index (χ4n) is 5.85. The van der Waals surface area contributed by atoms with E-state index in [2.05, 4.69) is 5.16 Å². The molecule has 1 aromatic rings. The number of carboxylic acid groups (broad SMARTS) is 1. The molecule has 1 saturated heterocycles. The zero-order valence-corrected chi connectivity index (χ0v) is 16.6. The topological polar surface area (TPSA) is 118 Å². The first kappa shape index (κ1) is 18.9. The number of aliphatic carboxylic acids is 1. The fourth-order valence-corrected chi connectivity index (χ4v) is 5.85. The molecule has 5 rings (SSSR count). The number of likely N-dealkylation sites (tertiary alicyclic amines) is 1. The third-order valence-electron chi connectivity index (χ3n) is 7.06. The lowest BCUT2D eigenvalue weighted by atomic mass is 9.72. The van der Waals surface area contributed by atoms with E-state index < -0.39 is 29.8 Å². The van der Waals surface area contributed by atoms with Crippen LogP contribution in [0.1, 0.15) is 12.0 Å². The molecule has 158 valence electrons. The average Bonchev–Trinajstić information content (AvgIpc) is 3.47. The van der Waals surface area contributed by atoms with Crippen LogP contribution in [0.15, 0.2) is 23.4 Å². The third-order valence-corrected chi connectivity index (χ3v) is 7.06. The second-order valence-electron chi connectivity index (χ2n) is 8.24. The van der Waals surface area contributed by atoms with E-state index in [0.717, 1.165) is 5.56 Å². The number of hydrogen-bond acceptors (Lipinski definition) is 8. The zero-order valence-electron chi connectivity index (χ0n) is 16.6. The molecule has 2 amide bonds. The Morgan fingerprint density at radius 1 is 1.13 bits per heavy atom. The highest BCUT2D eigenvalue weighted by Crippen LogP contribution is 2.61. The Hall–Kier alpha value is -3.10. The van der Waals surface area contributed by atoms with Crippen LogP contribution in [0.2, 0.25) is 0 Å². The Balaban J connectivity index is 1.33. The molecule has 2 heterocycles.